The number of methoxy groups -OCH3 is 1. The lowest BCUT2D eigenvalue weighted by Crippen LogP contribution is -2.36. The lowest BCUT2D eigenvalue weighted by atomic mass is 10.2. The summed E-state index contributed by atoms with van der Waals surface area (Å²) in [5.41, 5.74) is 2.06. The highest BCUT2D eigenvalue weighted by atomic mass is 35.5. The van der Waals surface area contributed by atoms with Crippen molar-refractivity contribution >= 4 is 79.6 Å². The third kappa shape index (κ3) is 6.99. The molecule has 2 aliphatic heterocycles. The van der Waals surface area contributed by atoms with E-state index in [0.29, 0.717) is 90.0 Å². The molecule has 7 aromatic rings. The molecule has 0 bridgehead atoms. The molecule has 1 amide bonds. The quantitative estimate of drug-likeness (QED) is 0.152. The van der Waals surface area contributed by atoms with Gasteiger partial charge in [0.25, 0.3) is 5.91 Å². The maximum atomic E-state index is 12.9. The summed E-state index contributed by atoms with van der Waals surface area (Å²) in [5, 5.41) is 31.1. The SMILES string of the molecule is COC(=O)c1nc2c3c(N4CCOCC4)cccc3[nH]n2c(=O)c1O.O=C(NCc1ccc(Cl)c(Cl)c1)c1nc2c3c(N4CCOCC4)cccc3[nH]n2c(=O)c1O. The fourth-order valence-corrected chi connectivity index (χ4v) is 7.31. The fourth-order valence-electron chi connectivity index (χ4n) is 6.99. The van der Waals surface area contributed by atoms with Gasteiger partial charge in [0, 0.05) is 32.7 Å². The molecule has 0 atom stereocenters. The van der Waals surface area contributed by atoms with Gasteiger partial charge in [-0.15, -0.1) is 0 Å². The molecule has 0 unspecified atom stereocenters. The minimum atomic E-state index is -0.865. The van der Waals surface area contributed by atoms with Crippen molar-refractivity contribution in [1.82, 2.24) is 34.5 Å². The Kier molecular flexibility index (Phi) is 10.6. The number of esters is 1. The maximum Gasteiger partial charge on any atom is 0.360 e. The molecule has 4 aromatic heterocycles. The summed E-state index contributed by atoms with van der Waals surface area (Å²) in [6.45, 7) is 5.32. The first-order chi connectivity index (χ1) is 28.0. The van der Waals surface area contributed by atoms with Crippen molar-refractivity contribution in [1.29, 1.82) is 0 Å². The molecule has 9 rings (SSSR count). The minimum absolute atomic E-state index is 0.114. The second-order valence-electron chi connectivity index (χ2n) is 13.3. The number of ether oxygens (including phenoxy) is 3. The van der Waals surface area contributed by atoms with Crippen LogP contribution in [0.5, 0.6) is 11.5 Å². The van der Waals surface area contributed by atoms with Crippen molar-refractivity contribution in [3.8, 4) is 11.5 Å². The van der Waals surface area contributed by atoms with Gasteiger partial charge in [-0.1, -0.05) is 41.4 Å². The van der Waals surface area contributed by atoms with E-state index in [2.05, 4.69) is 40.0 Å². The van der Waals surface area contributed by atoms with E-state index < -0.39 is 40.2 Å². The number of fused-ring (bicyclic) bond motifs is 6. The summed E-state index contributed by atoms with van der Waals surface area (Å²) in [6.07, 6.45) is 0. The molecule has 20 heteroatoms. The largest absolute Gasteiger partial charge is 0.501 e. The van der Waals surface area contributed by atoms with E-state index in [9.17, 15) is 29.4 Å². The summed E-state index contributed by atoms with van der Waals surface area (Å²) < 4.78 is 17.7. The molecule has 2 saturated heterocycles. The summed E-state index contributed by atoms with van der Waals surface area (Å²) in [5.74, 6) is -3.03. The molecule has 300 valence electrons. The third-order valence-corrected chi connectivity index (χ3v) is 10.6. The number of hydrogen-bond acceptors (Lipinski definition) is 13. The number of anilines is 2. The number of rotatable bonds is 6. The van der Waals surface area contributed by atoms with Crippen LogP contribution in [0.2, 0.25) is 10.0 Å². The number of amides is 1. The molecule has 5 N–H and O–H groups in total. The van der Waals surface area contributed by atoms with Gasteiger partial charge >= 0.3 is 17.1 Å². The van der Waals surface area contributed by atoms with Crippen molar-refractivity contribution in [2.45, 2.75) is 6.54 Å². The second kappa shape index (κ2) is 15.9. The van der Waals surface area contributed by atoms with Crippen molar-refractivity contribution < 1.29 is 34.0 Å². The van der Waals surface area contributed by atoms with Gasteiger partial charge in [0.2, 0.25) is 11.5 Å². The number of benzene rings is 3. The lowest BCUT2D eigenvalue weighted by Gasteiger charge is -2.29. The predicted molar refractivity (Wildman–Crippen MR) is 215 cm³/mol. The highest BCUT2D eigenvalue weighted by Crippen LogP contribution is 2.32. The van der Waals surface area contributed by atoms with Crippen molar-refractivity contribution in [2.24, 2.45) is 0 Å². The van der Waals surface area contributed by atoms with E-state index in [4.69, 9.17) is 32.7 Å². The smallest absolute Gasteiger partial charge is 0.360 e. The summed E-state index contributed by atoms with van der Waals surface area (Å²) in [4.78, 5) is 62.9. The number of aromatic amines is 2. The molecular formula is C38H35Cl2N9O9. The van der Waals surface area contributed by atoms with E-state index in [0.717, 1.165) is 20.4 Å². The maximum absolute atomic E-state index is 12.9. The van der Waals surface area contributed by atoms with E-state index in [1.165, 1.54) is 7.11 Å². The van der Waals surface area contributed by atoms with Crippen molar-refractivity contribution in [2.75, 3.05) is 69.5 Å². The Labute approximate surface area is 337 Å². The Morgan fingerprint density at radius 3 is 1.76 bits per heavy atom. The highest BCUT2D eigenvalue weighted by molar-refractivity contribution is 6.42. The molecule has 58 heavy (non-hydrogen) atoms. The Morgan fingerprint density at radius 2 is 1.26 bits per heavy atom. The number of morpholine rings is 2. The van der Waals surface area contributed by atoms with Gasteiger partial charge in [-0.25, -0.2) is 14.8 Å². The van der Waals surface area contributed by atoms with Crippen LogP contribution in [0, 0.1) is 0 Å². The van der Waals surface area contributed by atoms with Gasteiger partial charge in [0.15, 0.2) is 22.7 Å². The van der Waals surface area contributed by atoms with Gasteiger partial charge in [-0.2, -0.15) is 9.03 Å². The number of H-pyrrole nitrogens is 2. The van der Waals surface area contributed by atoms with Crippen LogP contribution in [-0.4, -0.2) is 111 Å². The van der Waals surface area contributed by atoms with Crippen molar-refractivity contribution in [3.63, 3.8) is 0 Å². The molecule has 3 aromatic carbocycles. The number of hydrogen-bond donors (Lipinski definition) is 5. The van der Waals surface area contributed by atoms with Crippen molar-refractivity contribution in [3.05, 3.63) is 102 Å². The van der Waals surface area contributed by atoms with Crippen LogP contribution < -0.4 is 26.2 Å². The van der Waals surface area contributed by atoms with Crippen LogP contribution in [0.4, 0.5) is 11.4 Å². The molecule has 0 saturated carbocycles. The van der Waals surface area contributed by atoms with Crippen LogP contribution in [-0.2, 0) is 20.8 Å². The molecule has 2 aliphatic rings. The first kappa shape index (κ1) is 38.5. The van der Waals surface area contributed by atoms with Gasteiger partial charge in [-0.05, 0) is 42.0 Å². The van der Waals surface area contributed by atoms with Gasteiger partial charge < -0.3 is 39.5 Å². The Hall–Kier alpha value is -6.34. The predicted octanol–water partition coefficient (Wildman–Crippen LogP) is 3.46. The number of nitrogens with one attached hydrogen (secondary N) is 3. The van der Waals surface area contributed by atoms with E-state index in [1.807, 2.05) is 36.4 Å². The number of aromatic nitrogens is 6. The summed E-state index contributed by atoms with van der Waals surface area (Å²) in [7, 11) is 1.17. The summed E-state index contributed by atoms with van der Waals surface area (Å²) >= 11 is 11.9. The Bertz CT molecular complexity index is 2860. The van der Waals surface area contributed by atoms with Crippen LogP contribution in [0.1, 0.15) is 26.5 Å². The van der Waals surface area contributed by atoms with Gasteiger partial charge in [0.1, 0.15) is 0 Å². The number of carbonyl (C=O) groups excluding carboxylic acids is 2. The standard InChI is InChI=1S/C22H19Cl2N5O4.C16H16N4O5/c23-13-5-4-12(10-14(13)24)11-25-21(31)18-19(30)22(32)29-20(26-18)17-15(27-29)2-1-3-16(17)28-6-8-33-9-7-28;1-24-16(23)12-13(21)15(22)20-14(17-12)11-9(18-20)3-2-4-10(11)19-5-7-25-8-6-19/h1-5,10,27,30H,6-9,11H2,(H,25,31);2-4,18,21H,5-8H2,1H3. The molecule has 18 nitrogen and oxygen atoms in total. The normalized spacial score (nSPS) is 14.5. The average molecular weight is 833 g/mol. The van der Waals surface area contributed by atoms with E-state index >= 15 is 0 Å². The van der Waals surface area contributed by atoms with Crippen LogP contribution in [0.3, 0.4) is 0 Å². The van der Waals surface area contributed by atoms with Crippen LogP contribution in [0.25, 0.3) is 33.1 Å². The zero-order valence-corrected chi connectivity index (χ0v) is 32.3. The Balaban J connectivity index is 0.000000168. The highest BCUT2D eigenvalue weighted by Gasteiger charge is 2.26. The number of nitrogens with zero attached hydrogens (tertiary/aromatic N) is 6. The average Bonchev–Trinajstić information content (AvgIpc) is 3.83. The minimum Gasteiger partial charge on any atom is -0.501 e. The zero-order valence-electron chi connectivity index (χ0n) is 30.8. The topological polar surface area (TPSA) is 221 Å². The molecule has 0 spiro atoms. The Morgan fingerprint density at radius 1 is 0.759 bits per heavy atom. The number of aromatic hydroxyl groups is 2. The first-order valence-corrected chi connectivity index (χ1v) is 18.8. The molecule has 2 fully saturated rings. The van der Waals surface area contributed by atoms with E-state index in [-0.39, 0.29) is 23.5 Å². The van der Waals surface area contributed by atoms with E-state index in [1.54, 1.807) is 18.2 Å². The summed E-state index contributed by atoms with van der Waals surface area (Å²) in [6, 6.07) is 16.2. The molecular weight excluding hydrogens is 797 g/mol. The van der Waals surface area contributed by atoms with Crippen LogP contribution >= 0.6 is 23.2 Å². The third-order valence-electron chi connectivity index (χ3n) is 9.85. The van der Waals surface area contributed by atoms with Gasteiger partial charge in [0.05, 0.1) is 76.8 Å². The molecule has 0 aliphatic carbocycles. The monoisotopic (exact) mass is 831 g/mol. The van der Waals surface area contributed by atoms with Gasteiger partial charge in [-0.3, -0.25) is 24.6 Å². The fraction of sp³-hybridized carbons (Fsp3) is 0.263. The molecule has 6 heterocycles. The first-order valence-electron chi connectivity index (χ1n) is 18.0. The number of halogens is 2. The molecule has 0 radical (unpaired) electrons. The van der Waals surface area contributed by atoms with Crippen LogP contribution in [0.15, 0.2) is 64.2 Å². The lowest BCUT2D eigenvalue weighted by molar-refractivity contribution is 0.0590. The second-order valence-corrected chi connectivity index (χ2v) is 14.1. The number of carbonyl (C=O) groups is 2. The zero-order chi connectivity index (χ0) is 40.7.